The Morgan fingerprint density at radius 3 is 2.83 bits per heavy atom. The zero-order valence-electron chi connectivity index (χ0n) is 10.4. The zero-order chi connectivity index (χ0) is 13.5. The third-order valence-corrected chi connectivity index (χ3v) is 2.29. The van der Waals surface area contributed by atoms with Crippen molar-refractivity contribution in [3.8, 4) is 5.75 Å². The van der Waals surface area contributed by atoms with Crippen molar-refractivity contribution in [1.82, 2.24) is 0 Å². The topological polar surface area (TPSA) is 73.6 Å². The van der Waals surface area contributed by atoms with Gasteiger partial charge in [-0.25, -0.2) is 4.39 Å². The van der Waals surface area contributed by atoms with Crippen LogP contribution < -0.4 is 15.8 Å². The Balaban J connectivity index is 2.86. The highest BCUT2D eigenvalue weighted by Crippen LogP contribution is 2.25. The van der Waals surface area contributed by atoms with Crippen molar-refractivity contribution in [1.29, 1.82) is 0 Å². The van der Waals surface area contributed by atoms with Crippen LogP contribution in [0.5, 0.6) is 5.75 Å². The van der Waals surface area contributed by atoms with E-state index in [0.717, 1.165) is 0 Å². The molecule has 1 amide bonds. The first-order valence-electron chi connectivity index (χ1n) is 5.58. The first kappa shape index (κ1) is 14.4. The van der Waals surface area contributed by atoms with Crippen LogP contribution >= 0.6 is 0 Å². The molecule has 0 radical (unpaired) electrons. The fraction of sp³-hybridized carbons (Fsp3) is 0.417. The number of carbonyl (C=O) groups excluding carboxylic acids is 1. The van der Waals surface area contributed by atoms with Crippen molar-refractivity contribution < 1.29 is 18.7 Å². The highest BCUT2D eigenvalue weighted by Gasteiger charge is 2.17. The first-order chi connectivity index (χ1) is 8.62. The number of anilines is 1. The monoisotopic (exact) mass is 256 g/mol. The maximum Gasteiger partial charge on any atom is 0.254 e. The van der Waals surface area contributed by atoms with Crippen molar-refractivity contribution in [2.45, 2.75) is 13.0 Å². The van der Waals surface area contributed by atoms with Crippen LogP contribution in [0.25, 0.3) is 0 Å². The largest absolute Gasteiger partial charge is 0.492 e. The van der Waals surface area contributed by atoms with Gasteiger partial charge in [-0.05, 0) is 19.1 Å². The molecule has 1 unspecified atom stereocenters. The maximum atomic E-state index is 13.1. The fourth-order valence-corrected chi connectivity index (χ4v) is 1.40. The van der Waals surface area contributed by atoms with Crippen molar-refractivity contribution in [2.24, 2.45) is 5.73 Å². The van der Waals surface area contributed by atoms with Gasteiger partial charge in [-0.3, -0.25) is 4.79 Å². The lowest BCUT2D eigenvalue weighted by molar-refractivity contribution is -0.125. The third-order valence-electron chi connectivity index (χ3n) is 2.29. The minimum absolute atomic E-state index is 0.0630. The molecule has 0 aliphatic carbocycles. The summed E-state index contributed by atoms with van der Waals surface area (Å²) in [6.07, 6.45) is -0.746. The van der Waals surface area contributed by atoms with E-state index in [2.05, 4.69) is 5.32 Å². The van der Waals surface area contributed by atoms with E-state index in [-0.39, 0.29) is 12.3 Å². The summed E-state index contributed by atoms with van der Waals surface area (Å²) in [6, 6.07) is 3.88. The summed E-state index contributed by atoms with van der Waals surface area (Å²) < 4.78 is 23.2. The van der Waals surface area contributed by atoms with Gasteiger partial charge in [-0.15, -0.1) is 0 Å². The molecule has 0 heterocycles. The average molecular weight is 256 g/mol. The molecule has 0 fully saturated rings. The summed E-state index contributed by atoms with van der Waals surface area (Å²) in [4.78, 5) is 11.8. The number of carbonyl (C=O) groups is 1. The van der Waals surface area contributed by atoms with E-state index in [1.54, 1.807) is 6.92 Å². The van der Waals surface area contributed by atoms with E-state index in [4.69, 9.17) is 15.2 Å². The van der Waals surface area contributed by atoms with Crippen molar-refractivity contribution in [2.75, 3.05) is 25.6 Å². The van der Waals surface area contributed by atoms with Crippen molar-refractivity contribution in [3.05, 3.63) is 24.0 Å². The maximum absolute atomic E-state index is 13.1. The second-order valence-electron chi connectivity index (χ2n) is 3.52. The van der Waals surface area contributed by atoms with Crippen LogP contribution in [0.4, 0.5) is 10.1 Å². The molecule has 100 valence electrons. The minimum atomic E-state index is -0.746. The lowest BCUT2D eigenvalue weighted by Crippen LogP contribution is -2.36. The number of methoxy groups -OCH3 is 1. The number of nitrogens with one attached hydrogen (secondary N) is 1. The molecule has 6 heteroatoms. The predicted molar refractivity (Wildman–Crippen MR) is 66.1 cm³/mol. The van der Waals surface area contributed by atoms with Crippen LogP contribution in [0.3, 0.4) is 0 Å². The Bertz CT molecular complexity index is 408. The molecule has 18 heavy (non-hydrogen) atoms. The zero-order valence-corrected chi connectivity index (χ0v) is 10.4. The first-order valence-corrected chi connectivity index (χ1v) is 5.58. The number of ether oxygens (including phenoxy) is 2. The highest BCUT2D eigenvalue weighted by molar-refractivity contribution is 5.95. The smallest absolute Gasteiger partial charge is 0.254 e. The quantitative estimate of drug-likeness (QED) is 0.800. The molecule has 0 aliphatic heterocycles. The molecule has 1 aromatic rings. The van der Waals surface area contributed by atoms with Crippen molar-refractivity contribution in [3.63, 3.8) is 0 Å². The molecule has 5 nitrogen and oxygen atoms in total. The second-order valence-corrected chi connectivity index (χ2v) is 3.52. The summed E-state index contributed by atoms with van der Waals surface area (Å²) in [7, 11) is 1.39. The number of nitrogens with two attached hydrogens (primary N) is 1. The van der Waals surface area contributed by atoms with Crippen LogP contribution in [0, 0.1) is 5.82 Å². The minimum Gasteiger partial charge on any atom is -0.492 e. The number of benzene rings is 1. The van der Waals surface area contributed by atoms with Gasteiger partial charge in [0.25, 0.3) is 5.91 Å². The third kappa shape index (κ3) is 3.68. The molecule has 0 bridgehead atoms. The Labute approximate surface area is 105 Å². The van der Waals surface area contributed by atoms with Gasteiger partial charge in [0.2, 0.25) is 0 Å². The molecule has 0 aliphatic rings. The lowest BCUT2D eigenvalue weighted by Gasteiger charge is -2.15. The predicted octanol–water partition coefficient (Wildman–Crippen LogP) is 1.14. The van der Waals surface area contributed by atoms with E-state index in [1.165, 1.54) is 25.3 Å². The van der Waals surface area contributed by atoms with E-state index in [9.17, 15) is 9.18 Å². The molecular formula is C12H17FN2O3. The van der Waals surface area contributed by atoms with Gasteiger partial charge in [0.05, 0.1) is 12.3 Å². The molecule has 1 atom stereocenters. The SMILES string of the molecule is CCOc1cc(F)ccc1NC(=O)C(CN)OC. The molecule has 1 rings (SSSR count). The van der Waals surface area contributed by atoms with Crippen LogP contribution in [-0.4, -0.2) is 32.3 Å². The number of amides is 1. The van der Waals surface area contributed by atoms with E-state index in [0.29, 0.717) is 12.3 Å². The second kappa shape index (κ2) is 6.93. The molecular weight excluding hydrogens is 239 g/mol. The number of halogens is 1. The van der Waals surface area contributed by atoms with Crippen LogP contribution in [0.2, 0.25) is 0 Å². The van der Waals surface area contributed by atoms with Gasteiger partial charge in [0.15, 0.2) is 0 Å². The average Bonchev–Trinajstić information content (AvgIpc) is 2.34. The molecule has 0 spiro atoms. The molecule has 0 saturated carbocycles. The Morgan fingerprint density at radius 1 is 1.56 bits per heavy atom. The number of rotatable bonds is 6. The Morgan fingerprint density at radius 2 is 2.28 bits per heavy atom. The Kier molecular flexibility index (Phi) is 5.54. The van der Waals surface area contributed by atoms with Crippen LogP contribution in [0.1, 0.15) is 6.92 Å². The summed E-state index contributed by atoms with van der Waals surface area (Å²) >= 11 is 0. The van der Waals surface area contributed by atoms with E-state index in [1.807, 2.05) is 0 Å². The summed E-state index contributed by atoms with van der Waals surface area (Å²) in [5, 5.41) is 2.59. The lowest BCUT2D eigenvalue weighted by atomic mass is 10.2. The summed E-state index contributed by atoms with van der Waals surface area (Å²) in [5.74, 6) is -0.552. The highest BCUT2D eigenvalue weighted by atomic mass is 19.1. The van der Waals surface area contributed by atoms with Crippen molar-refractivity contribution >= 4 is 11.6 Å². The normalized spacial score (nSPS) is 12.0. The summed E-state index contributed by atoms with van der Waals surface area (Å²) in [5.41, 5.74) is 5.77. The fourth-order valence-electron chi connectivity index (χ4n) is 1.40. The number of hydrogen-bond acceptors (Lipinski definition) is 4. The van der Waals surface area contributed by atoms with Crippen LogP contribution in [-0.2, 0) is 9.53 Å². The van der Waals surface area contributed by atoms with Gasteiger partial charge in [0.1, 0.15) is 17.7 Å². The molecule has 1 aromatic carbocycles. The number of hydrogen-bond donors (Lipinski definition) is 2. The Hall–Kier alpha value is -1.66. The van der Waals surface area contributed by atoms with E-state index < -0.39 is 17.8 Å². The standard InChI is InChI=1S/C12H17FN2O3/c1-3-18-10-6-8(13)4-5-9(10)15-12(16)11(7-14)17-2/h4-6,11H,3,7,14H2,1-2H3,(H,15,16). The molecule has 0 aromatic heterocycles. The molecule has 0 saturated heterocycles. The van der Waals surface area contributed by atoms with Gasteiger partial charge in [0, 0.05) is 19.7 Å². The van der Waals surface area contributed by atoms with Gasteiger partial charge >= 0.3 is 0 Å². The van der Waals surface area contributed by atoms with Gasteiger partial charge in [-0.1, -0.05) is 0 Å². The van der Waals surface area contributed by atoms with Gasteiger partial charge < -0.3 is 20.5 Å². The van der Waals surface area contributed by atoms with E-state index >= 15 is 0 Å². The van der Waals surface area contributed by atoms with Gasteiger partial charge in [-0.2, -0.15) is 0 Å². The molecule has 3 N–H and O–H groups in total. The van der Waals surface area contributed by atoms with Crippen LogP contribution in [0.15, 0.2) is 18.2 Å². The summed E-state index contributed by atoms with van der Waals surface area (Å²) in [6.45, 7) is 2.21.